The van der Waals surface area contributed by atoms with E-state index in [-0.39, 0.29) is 0 Å². The third-order valence-corrected chi connectivity index (χ3v) is 1.02. The topological polar surface area (TPSA) is 46.9 Å². The number of nitrogens with zero attached hydrogens (tertiary/aromatic N) is 2. The average molecular weight is 125 g/mol. The van der Waals surface area contributed by atoms with Crippen LogP contribution in [-0.4, -0.2) is 16.0 Å². The third kappa shape index (κ3) is 1.07. The SMILES string of the molecule is Cn1cncc1NC=O. The second-order valence-corrected chi connectivity index (χ2v) is 1.65. The summed E-state index contributed by atoms with van der Waals surface area (Å²) in [5, 5.41) is 2.48. The van der Waals surface area contributed by atoms with Crippen molar-refractivity contribution < 1.29 is 4.79 Å². The van der Waals surface area contributed by atoms with Crippen LogP contribution in [0.4, 0.5) is 5.82 Å². The molecule has 0 spiro atoms. The Morgan fingerprint density at radius 2 is 2.67 bits per heavy atom. The van der Waals surface area contributed by atoms with Crippen molar-refractivity contribution in [3.63, 3.8) is 0 Å². The first-order chi connectivity index (χ1) is 4.34. The van der Waals surface area contributed by atoms with E-state index in [2.05, 4.69) is 10.3 Å². The normalized spacial score (nSPS) is 9.00. The number of aromatic nitrogens is 2. The number of hydrogen-bond acceptors (Lipinski definition) is 2. The number of aryl methyl sites for hydroxylation is 1. The first-order valence-electron chi connectivity index (χ1n) is 2.51. The summed E-state index contributed by atoms with van der Waals surface area (Å²) in [6.07, 6.45) is 3.82. The van der Waals surface area contributed by atoms with Crippen molar-refractivity contribution in [2.75, 3.05) is 5.32 Å². The summed E-state index contributed by atoms with van der Waals surface area (Å²) in [5.74, 6) is 0.699. The number of carbonyl (C=O) groups excluding carboxylic acids is 1. The molecule has 48 valence electrons. The minimum Gasteiger partial charge on any atom is -0.320 e. The maximum atomic E-state index is 9.87. The molecule has 0 bridgehead atoms. The number of hydrogen-bond donors (Lipinski definition) is 1. The first kappa shape index (κ1) is 5.81. The molecule has 1 heterocycles. The fourth-order valence-electron chi connectivity index (χ4n) is 0.557. The lowest BCUT2D eigenvalue weighted by atomic mass is 10.7. The lowest BCUT2D eigenvalue weighted by Gasteiger charge is -1.95. The van der Waals surface area contributed by atoms with Gasteiger partial charge in [-0.15, -0.1) is 0 Å². The highest BCUT2D eigenvalue weighted by Gasteiger charge is 1.91. The molecule has 1 aromatic rings. The Hall–Kier alpha value is -1.32. The lowest BCUT2D eigenvalue weighted by molar-refractivity contribution is -0.105. The molecule has 1 rings (SSSR count). The van der Waals surface area contributed by atoms with E-state index in [4.69, 9.17) is 0 Å². The summed E-state index contributed by atoms with van der Waals surface area (Å²) >= 11 is 0. The molecule has 0 fully saturated rings. The summed E-state index contributed by atoms with van der Waals surface area (Å²) < 4.78 is 1.72. The highest BCUT2D eigenvalue weighted by Crippen LogP contribution is 1.99. The second-order valence-electron chi connectivity index (χ2n) is 1.65. The van der Waals surface area contributed by atoms with Crippen LogP contribution in [0.15, 0.2) is 12.5 Å². The third-order valence-electron chi connectivity index (χ3n) is 1.02. The molecule has 1 N–H and O–H groups in total. The molecule has 0 saturated heterocycles. The predicted molar refractivity (Wildman–Crippen MR) is 32.9 cm³/mol. The smallest absolute Gasteiger partial charge is 0.212 e. The highest BCUT2D eigenvalue weighted by atomic mass is 16.1. The van der Waals surface area contributed by atoms with Crippen molar-refractivity contribution in [3.05, 3.63) is 12.5 Å². The van der Waals surface area contributed by atoms with E-state index < -0.39 is 0 Å². The van der Waals surface area contributed by atoms with E-state index in [1.807, 2.05) is 0 Å². The summed E-state index contributed by atoms with van der Waals surface area (Å²) in [6, 6.07) is 0. The van der Waals surface area contributed by atoms with Crippen LogP contribution in [0.1, 0.15) is 0 Å². The van der Waals surface area contributed by atoms with Crippen molar-refractivity contribution in [2.24, 2.45) is 7.05 Å². The molecule has 0 aliphatic heterocycles. The minimum atomic E-state index is 0.622. The van der Waals surface area contributed by atoms with E-state index in [9.17, 15) is 4.79 Å². The van der Waals surface area contributed by atoms with Gasteiger partial charge >= 0.3 is 0 Å². The van der Waals surface area contributed by atoms with Gasteiger partial charge in [0, 0.05) is 7.05 Å². The van der Waals surface area contributed by atoms with Crippen molar-refractivity contribution in [1.29, 1.82) is 0 Å². The van der Waals surface area contributed by atoms with Crippen LogP contribution in [0.25, 0.3) is 0 Å². The fraction of sp³-hybridized carbons (Fsp3) is 0.200. The van der Waals surface area contributed by atoms with Crippen LogP contribution in [0.2, 0.25) is 0 Å². The molecule has 0 aliphatic rings. The molecule has 0 aliphatic carbocycles. The van der Waals surface area contributed by atoms with Crippen LogP contribution in [-0.2, 0) is 11.8 Å². The van der Waals surface area contributed by atoms with Crippen LogP contribution in [0, 0.1) is 0 Å². The number of anilines is 1. The van der Waals surface area contributed by atoms with Crippen LogP contribution >= 0.6 is 0 Å². The summed E-state index contributed by atoms with van der Waals surface area (Å²) in [7, 11) is 1.80. The van der Waals surface area contributed by atoms with Gasteiger partial charge in [0.2, 0.25) is 6.41 Å². The number of carbonyl (C=O) groups is 1. The van der Waals surface area contributed by atoms with Gasteiger partial charge in [-0.05, 0) is 0 Å². The van der Waals surface area contributed by atoms with Crippen LogP contribution in [0.5, 0.6) is 0 Å². The number of imidazole rings is 1. The van der Waals surface area contributed by atoms with Gasteiger partial charge < -0.3 is 9.88 Å². The van der Waals surface area contributed by atoms with Gasteiger partial charge in [0.1, 0.15) is 5.82 Å². The van der Waals surface area contributed by atoms with Crippen molar-refractivity contribution in [1.82, 2.24) is 9.55 Å². The molecule has 1 aromatic heterocycles. The van der Waals surface area contributed by atoms with Crippen molar-refractivity contribution >= 4 is 12.2 Å². The van der Waals surface area contributed by atoms with Gasteiger partial charge in [-0.2, -0.15) is 0 Å². The van der Waals surface area contributed by atoms with E-state index >= 15 is 0 Å². The van der Waals surface area contributed by atoms with Gasteiger partial charge in [-0.25, -0.2) is 4.98 Å². The molecule has 0 atom stereocenters. The zero-order valence-corrected chi connectivity index (χ0v) is 5.03. The monoisotopic (exact) mass is 125 g/mol. The van der Waals surface area contributed by atoms with Gasteiger partial charge in [-0.3, -0.25) is 4.79 Å². The van der Waals surface area contributed by atoms with Crippen molar-refractivity contribution in [2.45, 2.75) is 0 Å². The van der Waals surface area contributed by atoms with E-state index in [1.165, 1.54) is 0 Å². The van der Waals surface area contributed by atoms with Crippen LogP contribution in [0.3, 0.4) is 0 Å². The zero-order valence-electron chi connectivity index (χ0n) is 5.03. The van der Waals surface area contributed by atoms with E-state index in [1.54, 1.807) is 24.1 Å². The van der Waals surface area contributed by atoms with Crippen molar-refractivity contribution in [3.8, 4) is 0 Å². The van der Waals surface area contributed by atoms with Gasteiger partial charge in [0.15, 0.2) is 0 Å². The van der Waals surface area contributed by atoms with Gasteiger partial charge in [0.05, 0.1) is 12.5 Å². The minimum absolute atomic E-state index is 0.622. The summed E-state index contributed by atoms with van der Waals surface area (Å²) in [4.78, 5) is 13.7. The summed E-state index contributed by atoms with van der Waals surface area (Å²) in [5.41, 5.74) is 0. The predicted octanol–water partition coefficient (Wildman–Crippen LogP) is -0.0116. The average Bonchev–Trinajstić information content (AvgIpc) is 2.18. The Morgan fingerprint density at radius 1 is 1.89 bits per heavy atom. The molecule has 0 saturated carbocycles. The Bertz CT molecular complexity index is 206. The highest BCUT2D eigenvalue weighted by molar-refractivity contribution is 5.68. The second kappa shape index (κ2) is 2.30. The molecular weight excluding hydrogens is 118 g/mol. The lowest BCUT2D eigenvalue weighted by Crippen LogP contribution is -1.98. The molecule has 0 unspecified atom stereocenters. The number of rotatable bonds is 2. The summed E-state index contributed by atoms with van der Waals surface area (Å²) in [6.45, 7) is 0. The largest absolute Gasteiger partial charge is 0.320 e. The quantitative estimate of drug-likeness (QED) is 0.565. The fourth-order valence-corrected chi connectivity index (χ4v) is 0.557. The molecule has 4 heteroatoms. The van der Waals surface area contributed by atoms with E-state index in [0.717, 1.165) is 0 Å². The molecular formula is C5H7N3O. The maximum Gasteiger partial charge on any atom is 0.212 e. The number of amides is 1. The zero-order chi connectivity index (χ0) is 6.69. The molecule has 0 aromatic carbocycles. The van der Waals surface area contributed by atoms with E-state index in [0.29, 0.717) is 12.2 Å². The Morgan fingerprint density at radius 3 is 3.11 bits per heavy atom. The molecule has 0 radical (unpaired) electrons. The number of nitrogens with one attached hydrogen (secondary N) is 1. The standard InChI is InChI=1S/C5H7N3O/c1-8-3-6-2-5(8)7-4-9/h2-4H,1H3,(H,7,9). The van der Waals surface area contributed by atoms with Gasteiger partial charge in [0.25, 0.3) is 0 Å². The maximum absolute atomic E-state index is 9.87. The Labute approximate surface area is 52.5 Å². The Kier molecular flexibility index (Phi) is 1.48. The van der Waals surface area contributed by atoms with Gasteiger partial charge in [-0.1, -0.05) is 0 Å². The van der Waals surface area contributed by atoms with Crippen LogP contribution < -0.4 is 5.32 Å². The first-order valence-corrected chi connectivity index (χ1v) is 2.51. The molecule has 1 amide bonds. The Balaban J connectivity index is 2.80. The molecule has 4 nitrogen and oxygen atoms in total. The molecule has 9 heavy (non-hydrogen) atoms.